The minimum Gasteiger partial charge on any atom is -0.326 e. The molecule has 0 bridgehead atoms. The lowest BCUT2D eigenvalue weighted by atomic mass is 9.83. The molecule has 1 N–H and O–H groups in total. The van der Waals surface area contributed by atoms with E-state index >= 15 is 0 Å². The molecule has 0 aromatic heterocycles. The Balaban J connectivity index is 2.19. The maximum Gasteiger partial charge on any atom is 0.225 e. The second-order valence-corrected chi connectivity index (χ2v) is 5.71. The molecule has 1 atom stereocenters. The van der Waals surface area contributed by atoms with E-state index in [1.54, 1.807) is 0 Å². The molecule has 0 spiro atoms. The first-order chi connectivity index (χ1) is 9.58. The summed E-state index contributed by atoms with van der Waals surface area (Å²) in [5.41, 5.74) is 5.44. The van der Waals surface area contributed by atoms with Crippen molar-refractivity contribution >= 4 is 23.2 Å². The lowest BCUT2D eigenvalue weighted by Crippen LogP contribution is -2.24. The summed E-state index contributed by atoms with van der Waals surface area (Å²) in [5.74, 6) is 0.0860. The van der Waals surface area contributed by atoms with Crippen molar-refractivity contribution in [2.24, 2.45) is 0 Å². The molecule has 2 aromatic carbocycles. The third-order valence-electron chi connectivity index (χ3n) is 4.08. The molecule has 0 radical (unpaired) electrons. The first-order valence-electron chi connectivity index (χ1n) is 6.72. The zero-order valence-corrected chi connectivity index (χ0v) is 12.3. The molecule has 0 fully saturated rings. The summed E-state index contributed by atoms with van der Waals surface area (Å²) >= 11 is 6.31. The molecule has 20 heavy (non-hydrogen) atoms. The highest BCUT2D eigenvalue weighted by Crippen LogP contribution is 2.41. The van der Waals surface area contributed by atoms with Crippen LogP contribution in [0, 0.1) is 13.8 Å². The first kappa shape index (κ1) is 13.2. The van der Waals surface area contributed by atoms with Crippen LogP contribution in [0.3, 0.4) is 0 Å². The lowest BCUT2D eigenvalue weighted by molar-refractivity contribution is -0.116. The number of halogens is 1. The zero-order valence-electron chi connectivity index (χ0n) is 11.5. The number of carbonyl (C=O) groups excluding carboxylic acids is 1. The second kappa shape index (κ2) is 4.95. The Hall–Kier alpha value is -1.80. The third kappa shape index (κ3) is 2.10. The van der Waals surface area contributed by atoms with Gasteiger partial charge in [0.2, 0.25) is 5.91 Å². The number of carbonyl (C=O) groups is 1. The van der Waals surface area contributed by atoms with Crippen molar-refractivity contribution in [1.82, 2.24) is 0 Å². The number of aryl methyl sites for hydroxylation is 1. The fourth-order valence-corrected chi connectivity index (χ4v) is 3.08. The van der Waals surface area contributed by atoms with E-state index in [2.05, 4.69) is 24.4 Å². The van der Waals surface area contributed by atoms with Crippen LogP contribution in [0.4, 0.5) is 5.69 Å². The molecule has 3 heteroatoms. The molecule has 0 saturated carbocycles. The normalized spacial score (nSPS) is 17.6. The van der Waals surface area contributed by atoms with Gasteiger partial charge in [0.05, 0.1) is 0 Å². The maximum absolute atomic E-state index is 12.0. The van der Waals surface area contributed by atoms with Crippen LogP contribution in [-0.4, -0.2) is 5.91 Å². The average molecular weight is 286 g/mol. The Bertz CT molecular complexity index is 693. The first-order valence-corrected chi connectivity index (χ1v) is 7.10. The number of hydrogen-bond donors (Lipinski definition) is 1. The van der Waals surface area contributed by atoms with Crippen LogP contribution < -0.4 is 5.32 Å². The van der Waals surface area contributed by atoms with Gasteiger partial charge in [-0.3, -0.25) is 4.79 Å². The Kier molecular flexibility index (Phi) is 3.27. The largest absolute Gasteiger partial charge is 0.326 e. The molecule has 0 saturated heterocycles. The number of anilines is 1. The van der Waals surface area contributed by atoms with Crippen LogP contribution in [-0.2, 0) is 4.79 Å². The van der Waals surface area contributed by atoms with E-state index in [0.29, 0.717) is 6.42 Å². The number of rotatable bonds is 1. The van der Waals surface area contributed by atoms with Crippen molar-refractivity contribution in [2.75, 3.05) is 5.32 Å². The van der Waals surface area contributed by atoms with E-state index in [1.807, 2.05) is 31.2 Å². The summed E-state index contributed by atoms with van der Waals surface area (Å²) in [4.78, 5) is 12.0. The van der Waals surface area contributed by atoms with Gasteiger partial charge in [0.25, 0.3) is 0 Å². The van der Waals surface area contributed by atoms with Crippen molar-refractivity contribution in [1.29, 1.82) is 0 Å². The summed E-state index contributed by atoms with van der Waals surface area (Å²) in [6.45, 7) is 4.10. The average Bonchev–Trinajstić information content (AvgIpc) is 2.43. The molecule has 0 unspecified atom stereocenters. The van der Waals surface area contributed by atoms with Crippen molar-refractivity contribution < 1.29 is 4.79 Å². The van der Waals surface area contributed by atoms with E-state index in [0.717, 1.165) is 27.4 Å². The van der Waals surface area contributed by atoms with Crippen LogP contribution in [0.1, 0.15) is 34.6 Å². The molecule has 1 amide bonds. The van der Waals surface area contributed by atoms with Gasteiger partial charge in [-0.2, -0.15) is 0 Å². The second-order valence-electron chi connectivity index (χ2n) is 5.30. The van der Waals surface area contributed by atoms with Crippen LogP contribution in [0.15, 0.2) is 36.4 Å². The van der Waals surface area contributed by atoms with Gasteiger partial charge < -0.3 is 5.32 Å². The molecular formula is C17H16ClNO. The number of fused-ring (bicyclic) bond motifs is 1. The molecule has 1 heterocycles. The monoisotopic (exact) mass is 285 g/mol. The summed E-state index contributed by atoms with van der Waals surface area (Å²) in [6.07, 6.45) is 0.444. The number of hydrogen-bond acceptors (Lipinski definition) is 1. The van der Waals surface area contributed by atoms with Crippen LogP contribution >= 0.6 is 11.6 Å². The lowest BCUT2D eigenvalue weighted by Gasteiger charge is -2.28. The van der Waals surface area contributed by atoms with Gasteiger partial charge in [0.1, 0.15) is 0 Å². The fraction of sp³-hybridized carbons (Fsp3) is 0.235. The Labute approximate surface area is 123 Å². The Morgan fingerprint density at radius 1 is 1.10 bits per heavy atom. The van der Waals surface area contributed by atoms with Gasteiger partial charge in [0, 0.05) is 23.0 Å². The van der Waals surface area contributed by atoms with Crippen molar-refractivity contribution in [3.8, 4) is 0 Å². The van der Waals surface area contributed by atoms with E-state index in [9.17, 15) is 4.79 Å². The smallest absolute Gasteiger partial charge is 0.225 e. The van der Waals surface area contributed by atoms with Gasteiger partial charge in [-0.15, -0.1) is 0 Å². The van der Waals surface area contributed by atoms with Crippen molar-refractivity contribution in [3.05, 3.63) is 63.7 Å². The topological polar surface area (TPSA) is 29.1 Å². The van der Waals surface area contributed by atoms with Crippen LogP contribution in [0.2, 0.25) is 5.02 Å². The number of amides is 1. The predicted molar refractivity (Wildman–Crippen MR) is 82.5 cm³/mol. The minimum atomic E-state index is 0.0340. The Morgan fingerprint density at radius 2 is 1.85 bits per heavy atom. The highest BCUT2D eigenvalue weighted by Gasteiger charge is 2.28. The summed E-state index contributed by atoms with van der Waals surface area (Å²) in [7, 11) is 0. The number of nitrogens with one attached hydrogen (secondary N) is 1. The highest BCUT2D eigenvalue weighted by atomic mass is 35.5. The summed E-state index contributed by atoms with van der Waals surface area (Å²) < 4.78 is 0. The maximum atomic E-state index is 12.0. The molecule has 0 aliphatic carbocycles. The summed E-state index contributed by atoms with van der Waals surface area (Å²) in [5, 5.41) is 3.73. The molecule has 1 aliphatic rings. The predicted octanol–water partition coefficient (Wildman–Crippen LogP) is 4.43. The molecule has 2 nitrogen and oxygen atoms in total. The van der Waals surface area contributed by atoms with E-state index in [1.165, 1.54) is 5.56 Å². The van der Waals surface area contributed by atoms with Crippen molar-refractivity contribution in [3.63, 3.8) is 0 Å². The molecular weight excluding hydrogens is 270 g/mol. The highest BCUT2D eigenvalue weighted by molar-refractivity contribution is 6.31. The van der Waals surface area contributed by atoms with E-state index < -0.39 is 0 Å². The molecule has 1 aliphatic heterocycles. The van der Waals surface area contributed by atoms with Gasteiger partial charge in [0.15, 0.2) is 0 Å². The zero-order chi connectivity index (χ0) is 14.3. The SMILES string of the molecule is Cc1ccc2c(c1C)NC(=O)C[C@@H]2c1ccccc1Cl. The van der Waals surface area contributed by atoms with Gasteiger partial charge in [-0.05, 0) is 42.2 Å². The van der Waals surface area contributed by atoms with Crippen LogP contribution in [0.5, 0.6) is 0 Å². The van der Waals surface area contributed by atoms with Gasteiger partial charge >= 0.3 is 0 Å². The molecule has 2 aromatic rings. The molecule has 102 valence electrons. The van der Waals surface area contributed by atoms with Gasteiger partial charge in [-0.1, -0.05) is 41.9 Å². The minimum absolute atomic E-state index is 0.0340. The van der Waals surface area contributed by atoms with Crippen molar-refractivity contribution in [2.45, 2.75) is 26.2 Å². The van der Waals surface area contributed by atoms with Gasteiger partial charge in [-0.25, -0.2) is 0 Å². The summed E-state index contributed by atoms with van der Waals surface area (Å²) in [6, 6.07) is 12.0. The van der Waals surface area contributed by atoms with Crippen LogP contribution in [0.25, 0.3) is 0 Å². The fourth-order valence-electron chi connectivity index (χ4n) is 2.81. The van der Waals surface area contributed by atoms with E-state index in [-0.39, 0.29) is 11.8 Å². The standard InChI is InChI=1S/C17H16ClNO/c1-10-7-8-13-14(12-5-3-4-6-15(12)18)9-16(20)19-17(13)11(10)2/h3-8,14H,9H2,1-2H3,(H,19,20)/t14-/m1/s1. The molecule has 3 rings (SSSR count). The number of benzene rings is 2. The Morgan fingerprint density at radius 3 is 2.60 bits per heavy atom. The third-order valence-corrected chi connectivity index (χ3v) is 4.42. The quantitative estimate of drug-likeness (QED) is 0.825. The van der Waals surface area contributed by atoms with E-state index in [4.69, 9.17) is 11.6 Å².